The number of ether oxygens (including phenoxy) is 2. The second kappa shape index (κ2) is 12.2. The van der Waals surface area contributed by atoms with Crippen molar-refractivity contribution in [2.45, 2.75) is 64.3 Å². The molecule has 0 N–H and O–H groups in total. The molecule has 0 amide bonds. The lowest BCUT2D eigenvalue weighted by Gasteiger charge is -2.38. The predicted octanol–water partition coefficient (Wildman–Crippen LogP) is 5.11. The van der Waals surface area contributed by atoms with E-state index in [-0.39, 0.29) is 12.6 Å². The van der Waals surface area contributed by atoms with Crippen molar-refractivity contribution in [3.8, 4) is 11.5 Å². The lowest BCUT2D eigenvalue weighted by atomic mass is 10.4. The van der Waals surface area contributed by atoms with Crippen LogP contribution < -0.4 is 0 Å². The molecule has 0 saturated heterocycles. The maximum Gasteiger partial charge on any atom is 0.146 e. The van der Waals surface area contributed by atoms with E-state index in [2.05, 4.69) is 69.6 Å². The van der Waals surface area contributed by atoms with Crippen LogP contribution in [0.15, 0.2) is 17.8 Å². The Morgan fingerprint density at radius 2 is 1.75 bits per heavy atom. The van der Waals surface area contributed by atoms with Crippen molar-refractivity contribution < 1.29 is 9.47 Å². The van der Waals surface area contributed by atoms with Crippen molar-refractivity contribution in [2.24, 2.45) is 5.11 Å². The minimum atomic E-state index is -1.70. The number of nitrogens with zero attached hydrogens (tertiary/aromatic N) is 3. The molecule has 24 heavy (non-hydrogen) atoms. The summed E-state index contributed by atoms with van der Waals surface area (Å²) in [4.78, 5) is 2.76. The third-order valence-corrected chi connectivity index (χ3v) is 10.8. The van der Waals surface area contributed by atoms with Crippen LogP contribution in [0.5, 0.6) is 0 Å². The van der Waals surface area contributed by atoms with Crippen molar-refractivity contribution >= 4 is 8.07 Å². The van der Waals surface area contributed by atoms with E-state index >= 15 is 0 Å². The number of hydrogen-bond acceptors (Lipinski definition) is 3. The van der Waals surface area contributed by atoms with Gasteiger partial charge in [-0.3, -0.25) is 0 Å². The lowest BCUT2D eigenvalue weighted by Crippen LogP contribution is -2.43. The number of hydrogen-bond donors (Lipinski definition) is 0. The van der Waals surface area contributed by atoms with Gasteiger partial charge in [0.2, 0.25) is 0 Å². The molecule has 1 atom stereocenters. The fraction of sp³-hybridized carbons (Fsp3) is 0.778. The van der Waals surface area contributed by atoms with E-state index in [1.165, 1.54) is 0 Å². The van der Waals surface area contributed by atoms with Crippen LogP contribution in [0.3, 0.4) is 0 Å². The zero-order chi connectivity index (χ0) is 18.6. The Morgan fingerprint density at radius 3 is 2.21 bits per heavy atom. The highest BCUT2D eigenvalue weighted by molar-refractivity contribution is 6.90. The SMILES string of the molecule is C=CCO[C@@H](CN=[N+]=[N-])COCC#C[Si](C(C)C)(C(C)C)C(C)C. The molecule has 0 aliphatic carbocycles. The fourth-order valence-corrected chi connectivity index (χ4v) is 8.59. The molecule has 0 spiro atoms. The molecule has 0 unspecified atom stereocenters. The van der Waals surface area contributed by atoms with E-state index in [1.807, 2.05) is 0 Å². The van der Waals surface area contributed by atoms with Crippen LogP contribution in [0.4, 0.5) is 0 Å². The first kappa shape index (κ1) is 22.7. The molecule has 0 bridgehead atoms. The topological polar surface area (TPSA) is 67.2 Å². The standard InChI is InChI=1S/C18H33N3O2Si/c1-8-10-23-18(13-20-21-19)14-22-11-9-12-24(15(2)3,16(4)5)17(6)7/h8,15-18H,1,10-11,13-14H2,2-7H3/t18-/m0/s1. The molecule has 0 rings (SSSR count). The zero-order valence-electron chi connectivity index (χ0n) is 16.1. The number of azide groups is 1. The van der Waals surface area contributed by atoms with Crippen molar-refractivity contribution in [1.29, 1.82) is 0 Å². The van der Waals surface area contributed by atoms with Crippen LogP contribution in [0.2, 0.25) is 16.6 Å². The van der Waals surface area contributed by atoms with Gasteiger partial charge < -0.3 is 9.47 Å². The summed E-state index contributed by atoms with van der Waals surface area (Å²) in [6.07, 6.45) is 1.40. The normalized spacial score (nSPS) is 12.7. The predicted molar refractivity (Wildman–Crippen MR) is 104 cm³/mol. The maximum absolute atomic E-state index is 8.42. The second-order valence-corrected chi connectivity index (χ2v) is 12.5. The van der Waals surface area contributed by atoms with Gasteiger partial charge in [-0.05, 0) is 22.2 Å². The van der Waals surface area contributed by atoms with Crippen LogP contribution in [0, 0.1) is 11.5 Å². The third-order valence-electron chi connectivity index (χ3n) is 4.45. The molecular formula is C18H33N3O2Si. The van der Waals surface area contributed by atoms with Gasteiger partial charge in [-0.15, -0.1) is 12.1 Å². The Kier molecular flexibility index (Phi) is 11.5. The molecule has 0 aliphatic rings. The molecule has 5 nitrogen and oxygen atoms in total. The Bertz CT molecular complexity index is 453. The molecule has 0 radical (unpaired) electrons. The average Bonchev–Trinajstić information content (AvgIpc) is 2.51. The molecule has 0 fully saturated rings. The Balaban J connectivity index is 4.73. The van der Waals surface area contributed by atoms with Crippen LogP contribution in [0.25, 0.3) is 10.4 Å². The molecule has 0 aromatic rings. The van der Waals surface area contributed by atoms with E-state index in [4.69, 9.17) is 15.0 Å². The van der Waals surface area contributed by atoms with Gasteiger partial charge in [0.25, 0.3) is 0 Å². The first-order valence-corrected chi connectivity index (χ1v) is 10.9. The minimum absolute atomic E-state index is 0.250. The van der Waals surface area contributed by atoms with Crippen LogP contribution in [-0.4, -0.2) is 40.5 Å². The highest BCUT2D eigenvalue weighted by Crippen LogP contribution is 2.40. The summed E-state index contributed by atoms with van der Waals surface area (Å²) < 4.78 is 11.1. The largest absolute Gasteiger partial charge is 0.372 e. The van der Waals surface area contributed by atoms with Crippen LogP contribution >= 0.6 is 0 Å². The van der Waals surface area contributed by atoms with Crippen molar-refractivity contribution in [1.82, 2.24) is 0 Å². The summed E-state index contributed by atoms with van der Waals surface area (Å²) >= 11 is 0. The zero-order valence-corrected chi connectivity index (χ0v) is 17.1. The van der Waals surface area contributed by atoms with Gasteiger partial charge >= 0.3 is 0 Å². The van der Waals surface area contributed by atoms with E-state index in [0.29, 0.717) is 36.4 Å². The van der Waals surface area contributed by atoms with E-state index in [1.54, 1.807) is 6.08 Å². The molecule has 6 heteroatoms. The van der Waals surface area contributed by atoms with Gasteiger partial charge in [0.15, 0.2) is 0 Å². The second-order valence-electron chi connectivity index (χ2n) is 6.87. The van der Waals surface area contributed by atoms with Gasteiger partial charge in [0.05, 0.1) is 25.9 Å². The molecule has 136 valence electrons. The third kappa shape index (κ3) is 7.10. The lowest BCUT2D eigenvalue weighted by molar-refractivity contribution is 0.00876. The van der Waals surface area contributed by atoms with Crippen molar-refractivity contribution in [2.75, 3.05) is 26.4 Å². The summed E-state index contributed by atoms with van der Waals surface area (Å²) in [7, 11) is -1.70. The highest BCUT2D eigenvalue weighted by atomic mass is 28.3. The van der Waals surface area contributed by atoms with Gasteiger partial charge in [0, 0.05) is 4.91 Å². The fourth-order valence-electron chi connectivity index (χ4n) is 3.35. The maximum atomic E-state index is 8.42. The Morgan fingerprint density at radius 1 is 1.17 bits per heavy atom. The van der Waals surface area contributed by atoms with Gasteiger partial charge in [-0.1, -0.05) is 58.7 Å². The van der Waals surface area contributed by atoms with Crippen LogP contribution in [0.1, 0.15) is 41.5 Å². The Hall–Kier alpha value is -1.25. The summed E-state index contributed by atoms with van der Waals surface area (Å²) in [5, 5.41) is 3.54. The molecule has 0 aliphatic heterocycles. The van der Waals surface area contributed by atoms with E-state index in [9.17, 15) is 0 Å². The summed E-state index contributed by atoms with van der Waals surface area (Å²) in [6, 6.07) is 0. The monoisotopic (exact) mass is 351 g/mol. The van der Waals surface area contributed by atoms with E-state index in [0.717, 1.165) is 0 Å². The number of rotatable bonds is 11. The summed E-state index contributed by atoms with van der Waals surface area (Å²) in [5.41, 5.74) is 13.9. The first-order chi connectivity index (χ1) is 11.3. The van der Waals surface area contributed by atoms with Crippen LogP contribution in [-0.2, 0) is 9.47 Å². The smallest absolute Gasteiger partial charge is 0.146 e. The molecule has 0 aromatic carbocycles. The van der Waals surface area contributed by atoms with Gasteiger partial charge in [-0.25, -0.2) is 0 Å². The quantitative estimate of drug-likeness (QED) is 0.0987. The highest BCUT2D eigenvalue weighted by Gasteiger charge is 2.41. The molecule has 0 aromatic heterocycles. The van der Waals surface area contributed by atoms with Gasteiger partial charge in [-0.2, -0.15) is 0 Å². The van der Waals surface area contributed by atoms with Crippen molar-refractivity contribution in [3.63, 3.8) is 0 Å². The minimum Gasteiger partial charge on any atom is -0.372 e. The first-order valence-electron chi connectivity index (χ1n) is 8.63. The van der Waals surface area contributed by atoms with Crippen molar-refractivity contribution in [3.05, 3.63) is 23.1 Å². The van der Waals surface area contributed by atoms with E-state index < -0.39 is 8.07 Å². The summed E-state index contributed by atoms with van der Waals surface area (Å²) in [6.45, 7) is 18.8. The average molecular weight is 352 g/mol. The molecular weight excluding hydrogens is 318 g/mol. The summed E-state index contributed by atoms with van der Waals surface area (Å²) in [5.74, 6) is 3.25. The Labute approximate surface area is 148 Å². The molecule has 0 saturated carbocycles. The van der Waals surface area contributed by atoms with Gasteiger partial charge in [0.1, 0.15) is 14.7 Å². The molecule has 0 heterocycles.